The Balaban J connectivity index is 1.53. The molecule has 2 aliphatic rings. The molecule has 8 nitrogen and oxygen atoms in total. The first-order chi connectivity index (χ1) is 14.6. The van der Waals surface area contributed by atoms with Crippen LogP contribution in [0.5, 0.6) is 11.5 Å². The second-order valence-corrected chi connectivity index (χ2v) is 7.18. The molecule has 3 N–H and O–H groups in total. The number of fused-ring (bicyclic) bond motifs is 1. The molecule has 3 heterocycles. The molecule has 0 aliphatic carbocycles. The SMILES string of the molecule is C=CC(=O)N1CC(NC2c3c[nH]cc3NCN2C#Cc2cc(OC)cc(OC)c2)C1. The zero-order valence-corrected chi connectivity index (χ0v) is 17.1. The van der Waals surface area contributed by atoms with Crippen LogP contribution in [0.4, 0.5) is 5.69 Å². The standard InChI is InChI=1S/C22H25N5O3/c1-4-21(28)27-12-16(13-27)25-22-19-10-23-11-20(19)24-14-26(22)6-5-15-7-17(29-2)9-18(8-15)30-3/h4,7-11,16,22-25H,1,12-14H2,2-3H3. The molecule has 1 saturated heterocycles. The van der Waals surface area contributed by atoms with Gasteiger partial charge in [0.05, 0.1) is 26.6 Å². The van der Waals surface area contributed by atoms with E-state index in [9.17, 15) is 4.79 Å². The van der Waals surface area contributed by atoms with E-state index >= 15 is 0 Å². The summed E-state index contributed by atoms with van der Waals surface area (Å²) in [5.41, 5.74) is 2.94. The highest BCUT2D eigenvalue weighted by molar-refractivity contribution is 5.87. The highest BCUT2D eigenvalue weighted by Crippen LogP contribution is 2.31. The van der Waals surface area contributed by atoms with E-state index in [1.54, 1.807) is 19.1 Å². The molecular weight excluding hydrogens is 382 g/mol. The van der Waals surface area contributed by atoms with Gasteiger partial charge >= 0.3 is 0 Å². The van der Waals surface area contributed by atoms with Gasteiger partial charge in [-0.15, -0.1) is 0 Å². The fourth-order valence-electron chi connectivity index (χ4n) is 3.60. The summed E-state index contributed by atoms with van der Waals surface area (Å²) in [6.07, 6.45) is 5.16. The van der Waals surface area contributed by atoms with Gasteiger partial charge in [0.2, 0.25) is 5.91 Å². The van der Waals surface area contributed by atoms with Crippen molar-refractivity contribution in [2.75, 3.05) is 39.3 Å². The van der Waals surface area contributed by atoms with Crippen LogP contribution in [-0.4, -0.2) is 60.7 Å². The second kappa shape index (κ2) is 8.43. The number of hydrogen-bond acceptors (Lipinski definition) is 6. The van der Waals surface area contributed by atoms with Gasteiger partial charge in [-0.05, 0) is 24.1 Å². The summed E-state index contributed by atoms with van der Waals surface area (Å²) in [6, 6.07) is 9.02. The lowest BCUT2D eigenvalue weighted by Gasteiger charge is -2.44. The molecular formula is C22H25N5O3. The van der Waals surface area contributed by atoms with E-state index in [4.69, 9.17) is 9.47 Å². The molecule has 30 heavy (non-hydrogen) atoms. The highest BCUT2D eigenvalue weighted by Gasteiger charge is 2.34. The number of methoxy groups -OCH3 is 2. The van der Waals surface area contributed by atoms with Gasteiger partial charge in [0.1, 0.15) is 17.7 Å². The predicted molar refractivity (Wildman–Crippen MR) is 114 cm³/mol. The van der Waals surface area contributed by atoms with Gasteiger partial charge in [0.25, 0.3) is 0 Å². The number of nitrogens with one attached hydrogen (secondary N) is 3. The zero-order chi connectivity index (χ0) is 21.1. The third kappa shape index (κ3) is 3.93. The predicted octanol–water partition coefficient (Wildman–Crippen LogP) is 1.71. The monoisotopic (exact) mass is 407 g/mol. The Hall–Kier alpha value is -3.57. The molecule has 8 heteroatoms. The van der Waals surface area contributed by atoms with Crippen molar-refractivity contribution in [1.29, 1.82) is 0 Å². The zero-order valence-electron chi connectivity index (χ0n) is 17.1. The first kappa shape index (κ1) is 19.7. The number of nitrogens with zero attached hydrogens (tertiary/aromatic N) is 2. The lowest BCUT2D eigenvalue weighted by atomic mass is 10.1. The van der Waals surface area contributed by atoms with Crippen molar-refractivity contribution in [1.82, 2.24) is 20.1 Å². The van der Waals surface area contributed by atoms with Gasteiger partial charge in [0, 0.05) is 54.8 Å². The summed E-state index contributed by atoms with van der Waals surface area (Å²) in [5, 5.41) is 7.00. The molecule has 1 aromatic carbocycles. The number of anilines is 1. The van der Waals surface area contributed by atoms with Crippen molar-refractivity contribution in [3.8, 4) is 23.5 Å². The van der Waals surface area contributed by atoms with Crippen LogP contribution in [0.25, 0.3) is 0 Å². The van der Waals surface area contributed by atoms with Crippen LogP contribution in [-0.2, 0) is 4.79 Å². The fraction of sp³-hybridized carbons (Fsp3) is 0.318. The maximum absolute atomic E-state index is 11.7. The molecule has 1 atom stereocenters. The maximum atomic E-state index is 11.7. The highest BCUT2D eigenvalue weighted by atomic mass is 16.5. The Morgan fingerprint density at radius 2 is 1.97 bits per heavy atom. The molecule has 0 saturated carbocycles. The topological polar surface area (TPSA) is 81.9 Å². The number of aromatic amines is 1. The van der Waals surface area contributed by atoms with Crippen molar-refractivity contribution in [2.24, 2.45) is 0 Å². The van der Waals surface area contributed by atoms with E-state index in [0.29, 0.717) is 31.3 Å². The van der Waals surface area contributed by atoms with E-state index in [0.717, 1.165) is 16.8 Å². The van der Waals surface area contributed by atoms with Crippen LogP contribution < -0.4 is 20.1 Å². The third-order valence-corrected chi connectivity index (χ3v) is 5.28. The lowest BCUT2D eigenvalue weighted by Crippen LogP contribution is -2.61. The van der Waals surface area contributed by atoms with Crippen molar-refractivity contribution in [3.05, 3.63) is 54.4 Å². The number of aromatic nitrogens is 1. The number of H-pyrrole nitrogens is 1. The first-order valence-corrected chi connectivity index (χ1v) is 9.70. The molecule has 1 amide bonds. The minimum absolute atomic E-state index is 0.0377. The average Bonchev–Trinajstić information content (AvgIpc) is 3.23. The number of ether oxygens (including phenoxy) is 2. The smallest absolute Gasteiger partial charge is 0.246 e. The number of hydrogen-bond donors (Lipinski definition) is 3. The van der Waals surface area contributed by atoms with Crippen molar-refractivity contribution in [2.45, 2.75) is 12.2 Å². The molecule has 1 unspecified atom stereocenters. The van der Waals surface area contributed by atoms with E-state index in [1.807, 2.05) is 35.5 Å². The van der Waals surface area contributed by atoms with Gasteiger partial charge < -0.3 is 24.7 Å². The molecule has 0 bridgehead atoms. The summed E-state index contributed by atoms with van der Waals surface area (Å²) in [7, 11) is 3.24. The molecule has 2 aromatic rings. The maximum Gasteiger partial charge on any atom is 0.246 e. The number of rotatable bonds is 5. The third-order valence-electron chi connectivity index (χ3n) is 5.28. The van der Waals surface area contributed by atoms with Gasteiger partial charge in [-0.2, -0.15) is 0 Å². The van der Waals surface area contributed by atoms with E-state index in [2.05, 4.69) is 34.2 Å². The van der Waals surface area contributed by atoms with Gasteiger partial charge in [-0.1, -0.05) is 6.58 Å². The normalized spacial score (nSPS) is 17.7. The second-order valence-electron chi connectivity index (χ2n) is 7.18. The lowest BCUT2D eigenvalue weighted by molar-refractivity contribution is -0.131. The molecule has 0 spiro atoms. The molecule has 2 aliphatic heterocycles. The van der Waals surface area contributed by atoms with Gasteiger partial charge in [-0.3, -0.25) is 15.0 Å². The minimum atomic E-state index is -0.0986. The van der Waals surface area contributed by atoms with Gasteiger partial charge in [0.15, 0.2) is 0 Å². The Morgan fingerprint density at radius 3 is 2.63 bits per heavy atom. The van der Waals surface area contributed by atoms with Crippen LogP contribution in [0.2, 0.25) is 0 Å². The largest absolute Gasteiger partial charge is 0.497 e. The molecule has 1 aromatic heterocycles. The Morgan fingerprint density at radius 1 is 1.23 bits per heavy atom. The minimum Gasteiger partial charge on any atom is -0.497 e. The summed E-state index contributed by atoms with van der Waals surface area (Å²) < 4.78 is 10.7. The molecule has 0 radical (unpaired) electrons. The molecule has 1 fully saturated rings. The van der Waals surface area contributed by atoms with Crippen LogP contribution in [0, 0.1) is 12.0 Å². The summed E-state index contributed by atoms with van der Waals surface area (Å²) in [4.78, 5) is 18.7. The number of carbonyl (C=O) groups is 1. The van der Waals surface area contributed by atoms with Crippen molar-refractivity contribution >= 4 is 11.6 Å². The summed E-state index contributed by atoms with van der Waals surface area (Å²) in [6.45, 7) is 5.43. The van der Waals surface area contributed by atoms with Crippen LogP contribution in [0.1, 0.15) is 17.3 Å². The Bertz CT molecular complexity index is 977. The van der Waals surface area contributed by atoms with Gasteiger partial charge in [-0.25, -0.2) is 0 Å². The molecule has 156 valence electrons. The van der Waals surface area contributed by atoms with E-state index in [-0.39, 0.29) is 18.1 Å². The number of carbonyl (C=O) groups excluding carboxylic acids is 1. The summed E-state index contributed by atoms with van der Waals surface area (Å²) >= 11 is 0. The van der Waals surface area contributed by atoms with E-state index < -0.39 is 0 Å². The fourth-order valence-corrected chi connectivity index (χ4v) is 3.60. The number of amides is 1. The number of likely N-dealkylation sites (tertiary alicyclic amines) is 1. The van der Waals surface area contributed by atoms with Crippen molar-refractivity contribution < 1.29 is 14.3 Å². The van der Waals surface area contributed by atoms with Crippen molar-refractivity contribution in [3.63, 3.8) is 0 Å². The van der Waals surface area contributed by atoms with Crippen LogP contribution in [0.3, 0.4) is 0 Å². The first-order valence-electron chi connectivity index (χ1n) is 9.70. The molecule has 4 rings (SSSR count). The average molecular weight is 407 g/mol. The van der Waals surface area contributed by atoms with Crippen LogP contribution >= 0.6 is 0 Å². The number of benzene rings is 1. The quantitative estimate of drug-likeness (QED) is 0.517. The van der Waals surface area contributed by atoms with E-state index in [1.165, 1.54) is 6.08 Å². The summed E-state index contributed by atoms with van der Waals surface area (Å²) in [5.74, 6) is 4.56. The van der Waals surface area contributed by atoms with Crippen LogP contribution in [0.15, 0.2) is 43.2 Å². The Labute approximate surface area is 175 Å². The Kier molecular flexibility index (Phi) is 5.55.